The highest BCUT2D eigenvalue weighted by Gasteiger charge is 2.18. The molecule has 1 fully saturated rings. The Bertz CT molecular complexity index is 830. The van der Waals surface area contributed by atoms with Crippen LogP contribution in [-0.4, -0.2) is 60.0 Å². The normalized spacial score (nSPS) is 15.4. The fourth-order valence-corrected chi connectivity index (χ4v) is 3.06. The van der Waals surface area contributed by atoms with Crippen LogP contribution >= 0.6 is 11.6 Å². The van der Waals surface area contributed by atoms with Crippen LogP contribution in [0.15, 0.2) is 23.0 Å². The highest BCUT2D eigenvalue weighted by atomic mass is 35.5. The van der Waals surface area contributed by atoms with E-state index in [4.69, 9.17) is 16.3 Å². The van der Waals surface area contributed by atoms with Crippen LogP contribution in [0.1, 0.15) is 17.4 Å². The Morgan fingerprint density at radius 2 is 2.12 bits per heavy atom. The fraction of sp³-hybridized carbons (Fsp3) is 0.471. The third kappa shape index (κ3) is 4.00. The van der Waals surface area contributed by atoms with Gasteiger partial charge in [-0.05, 0) is 25.1 Å². The zero-order chi connectivity index (χ0) is 17.8. The van der Waals surface area contributed by atoms with Crippen molar-refractivity contribution in [3.63, 3.8) is 0 Å². The maximum atomic E-state index is 12.6. The van der Waals surface area contributed by atoms with Gasteiger partial charge in [0.1, 0.15) is 0 Å². The largest absolute Gasteiger partial charge is 0.379 e. The summed E-state index contributed by atoms with van der Waals surface area (Å²) in [6.45, 7) is 6.76. The number of amides is 1. The monoisotopic (exact) mass is 364 g/mol. The van der Waals surface area contributed by atoms with E-state index in [0.717, 1.165) is 19.6 Å². The van der Waals surface area contributed by atoms with Gasteiger partial charge in [-0.3, -0.25) is 19.2 Å². The van der Waals surface area contributed by atoms with Gasteiger partial charge in [0.2, 0.25) is 5.43 Å². The molecule has 2 heterocycles. The predicted molar refractivity (Wildman–Crippen MR) is 96.3 cm³/mol. The van der Waals surface area contributed by atoms with E-state index in [9.17, 15) is 9.59 Å². The Hall–Kier alpha value is -1.96. The minimum Gasteiger partial charge on any atom is -0.379 e. The van der Waals surface area contributed by atoms with Gasteiger partial charge in [-0.2, -0.15) is 5.10 Å². The van der Waals surface area contributed by atoms with Gasteiger partial charge in [0.05, 0.1) is 24.1 Å². The molecule has 134 valence electrons. The van der Waals surface area contributed by atoms with Crippen molar-refractivity contribution in [1.29, 1.82) is 0 Å². The molecule has 3 rings (SSSR count). The molecule has 8 heteroatoms. The van der Waals surface area contributed by atoms with E-state index in [2.05, 4.69) is 15.3 Å². The lowest BCUT2D eigenvalue weighted by Gasteiger charge is -2.26. The molecule has 0 spiro atoms. The summed E-state index contributed by atoms with van der Waals surface area (Å²) in [4.78, 5) is 27.3. The second kappa shape index (κ2) is 7.95. The lowest BCUT2D eigenvalue weighted by atomic mass is 10.2. The molecule has 1 N–H and O–H groups in total. The zero-order valence-corrected chi connectivity index (χ0v) is 14.9. The summed E-state index contributed by atoms with van der Waals surface area (Å²) < 4.78 is 6.94. The Morgan fingerprint density at radius 1 is 1.36 bits per heavy atom. The van der Waals surface area contributed by atoms with Crippen molar-refractivity contribution in [2.24, 2.45) is 0 Å². The van der Waals surface area contributed by atoms with Crippen molar-refractivity contribution >= 4 is 28.4 Å². The third-order valence-corrected chi connectivity index (χ3v) is 4.48. The van der Waals surface area contributed by atoms with Crippen molar-refractivity contribution in [1.82, 2.24) is 20.0 Å². The summed E-state index contributed by atoms with van der Waals surface area (Å²) in [5.74, 6) is -0.456. The molecule has 7 nitrogen and oxygen atoms in total. The number of nitrogens with zero attached hydrogens (tertiary/aromatic N) is 3. The number of carbonyl (C=O) groups excluding carboxylic acids is 1. The molecule has 1 amide bonds. The number of ether oxygens (including phenoxy) is 1. The number of rotatable bonds is 5. The molecule has 0 bridgehead atoms. The SMILES string of the molecule is CCn1nc(C(=O)NCCN2CCOCC2)c(=O)c2cc(Cl)ccc21. The van der Waals surface area contributed by atoms with Crippen molar-refractivity contribution < 1.29 is 9.53 Å². The van der Waals surface area contributed by atoms with Crippen LogP contribution in [0.25, 0.3) is 10.9 Å². The van der Waals surface area contributed by atoms with Crippen molar-refractivity contribution in [3.8, 4) is 0 Å². The topological polar surface area (TPSA) is 76.5 Å². The summed E-state index contributed by atoms with van der Waals surface area (Å²) in [6.07, 6.45) is 0. The van der Waals surface area contributed by atoms with Gasteiger partial charge in [0, 0.05) is 37.7 Å². The number of fused-ring (bicyclic) bond motifs is 1. The fourth-order valence-electron chi connectivity index (χ4n) is 2.89. The Morgan fingerprint density at radius 3 is 2.84 bits per heavy atom. The van der Waals surface area contributed by atoms with Gasteiger partial charge in [-0.1, -0.05) is 11.6 Å². The van der Waals surface area contributed by atoms with Gasteiger partial charge >= 0.3 is 0 Å². The highest BCUT2D eigenvalue weighted by molar-refractivity contribution is 6.31. The second-order valence-corrected chi connectivity index (χ2v) is 6.30. The Balaban J connectivity index is 1.78. The third-order valence-electron chi connectivity index (χ3n) is 4.25. The second-order valence-electron chi connectivity index (χ2n) is 5.86. The van der Waals surface area contributed by atoms with Crippen LogP contribution in [0.2, 0.25) is 5.02 Å². The first-order valence-corrected chi connectivity index (χ1v) is 8.76. The Labute approximate surface area is 150 Å². The number of morpholine rings is 1. The van der Waals surface area contributed by atoms with Crippen LogP contribution in [0.5, 0.6) is 0 Å². The molecule has 0 radical (unpaired) electrons. The number of hydrogen-bond acceptors (Lipinski definition) is 5. The zero-order valence-electron chi connectivity index (χ0n) is 14.1. The Kier molecular flexibility index (Phi) is 5.67. The van der Waals surface area contributed by atoms with E-state index in [1.807, 2.05) is 6.92 Å². The van der Waals surface area contributed by atoms with Gasteiger partial charge in [-0.25, -0.2) is 0 Å². The van der Waals surface area contributed by atoms with Gasteiger partial charge < -0.3 is 10.1 Å². The summed E-state index contributed by atoms with van der Waals surface area (Å²) in [7, 11) is 0. The van der Waals surface area contributed by atoms with Crippen LogP contribution in [0, 0.1) is 0 Å². The number of aromatic nitrogens is 2. The molecule has 0 unspecified atom stereocenters. The molecule has 1 aliphatic rings. The number of hydrogen-bond donors (Lipinski definition) is 1. The van der Waals surface area contributed by atoms with E-state index in [0.29, 0.717) is 42.2 Å². The average Bonchev–Trinajstić information content (AvgIpc) is 2.63. The van der Waals surface area contributed by atoms with E-state index in [-0.39, 0.29) is 5.69 Å². The molecule has 1 aliphatic heterocycles. The molecule has 25 heavy (non-hydrogen) atoms. The molecule has 0 saturated carbocycles. The van der Waals surface area contributed by atoms with Gasteiger partial charge in [0.15, 0.2) is 5.69 Å². The quantitative estimate of drug-likeness (QED) is 0.860. The molecule has 0 atom stereocenters. The molecule has 1 aromatic heterocycles. The average molecular weight is 365 g/mol. The number of aryl methyl sites for hydroxylation is 1. The summed E-state index contributed by atoms with van der Waals surface area (Å²) in [5.41, 5.74) is 0.173. The standard InChI is InChI=1S/C17H21ClN4O3/c1-2-22-14-4-3-12(18)11-13(14)16(23)15(20-22)17(24)19-5-6-21-7-9-25-10-8-21/h3-4,11H,2,5-10H2,1H3,(H,19,24). The van der Waals surface area contributed by atoms with Crippen molar-refractivity contribution in [3.05, 3.63) is 39.1 Å². The maximum absolute atomic E-state index is 12.6. The van der Waals surface area contributed by atoms with Gasteiger partial charge in [-0.15, -0.1) is 0 Å². The summed E-state index contributed by atoms with van der Waals surface area (Å²) in [5, 5.41) is 7.88. The van der Waals surface area contributed by atoms with Crippen LogP contribution in [0.3, 0.4) is 0 Å². The first-order valence-electron chi connectivity index (χ1n) is 8.39. The van der Waals surface area contributed by atoms with E-state index < -0.39 is 11.3 Å². The number of benzene rings is 1. The van der Waals surface area contributed by atoms with Crippen LogP contribution in [-0.2, 0) is 11.3 Å². The maximum Gasteiger partial charge on any atom is 0.275 e. The first-order chi connectivity index (χ1) is 12.1. The summed E-state index contributed by atoms with van der Waals surface area (Å²) >= 11 is 6.00. The number of nitrogens with one attached hydrogen (secondary N) is 1. The number of halogens is 1. The van der Waals surface area contributed by atoms with E-state index in [1.54, 1.807) is 22.9 Å². The minimum absolute atomic E-state index is 0.0985. The molecule has 1 saturated heterocycles. The minimum atomic E-state index is -0.456. The smallest absolute Gasteiger partial charge is 0.275 e. The van der Waals surface area contributed by atoms with Gasteiger partial charge in [0.25, 0.3) is 5.91 Å². The van der Waals surface area contributed by atoms with Crippen molar-refractivity contribution in [2.45, 2.75) is 13.5 Å². The lowest BCUT2D eigenvalue weighted by Crippen LogP contribution is -2.42. The lowest BCUT2D eigenvalue weighted by molar-refractivity contribution is 0.0383. The van der Waals surface area contributed by atoms with Crippen LogP contribution < -0.4 is 10.7 Å². The molecular formula is C17H21ClN4O3. The van der Waals surface area contributed by atoms with E-state index >= 15 is 0 Å². The highest BCUT2D eigenvalue weighted by Crippen LogP contribution is 2.16. The summed E-state index contributed by atoms with van der Waals surface area (Å²) in [6, 6.07) is 5.03. The number of carbonyl (C=O) groups is 1. The van der Waals surface area contributed by atoms with E-state index in [1.165, 1.54) is 0 Å². The molecule has 1 aromatic carbocycles. The predicted octanol–water partition coefficient (Wildman–Crippen LogP) is 1.13. The molecule has 0 aliphatic carbocycles. The molecular weight excluding hydrogens is 344 g/mol. The molecule has 2 aromatic rings. The first kappa shape index (κ1) is 17.8. The van der Waals surface area contributed by atoms with Crippen LogP contribution in [0.4, 0.5) is 0 Å². The van der Waals surface area contributed by atoms with Crippen molar-refractivity contribution in [2.75, 3.05) is 39.4 Å².